The molecule has 3 aromatic carbocycles. The Morgan fingerprint density at radius 1 is 0.700 bits per heavy atom. The molecule has 2 aliphatic rings. The van der Waals surface area contributed by atoms with Crippen molar-refractivity contribution in [1.29, 1.82) is 0 Å². The van der Waals surface area contributed by atoms with Crippen molar-refractivity contribution >= 4 is 143 Å². The van der Waals surface area contributed by atoms with E-state index in [9.17, 15) is 77.3 Å². The molecule has 0 bridgehead atoms. The molecule has 4 heterocycles. The first kappa shape index (κ1) is 96.4. The van der Waals surface area contributed by atoms with Crippen LogP contribution in [0.25, 0.3) is 21.9 Å². The second-order valence-corrected chi connectivity index (χ2v) is 30.0. The first-order valence-corrected chi connectivity index (χ1v) is 41.6. The zero-order chi connectivity index (χ0) is 87.7. The van der Waals surface area contributed by atoms with E-state index in [2.05, 4.69) is 100.0 Å². The zero-order valence-corrected chi connectivity index (χ0v) is 71.0. The van der Waals surface area contributed by atoms with Crippen LogP contribution in [0.15, 0.2) is 60.7 Å². The van der Waals surface area contributed by atoms with Crippen LogP contribution in [0, 0.1) is 18.8 Å². The monoisotopic (exact) mass is 1810 g/mol. The van der Waals surface area contributed by atoms with Gasteiger partial charge in [-0.2, -0.15) is 0 Å². The second-order valence-electron chi connectivity index (χ2n) is 28.9. The van der Waals surface area contributed by atoms with Gasteiger partial charge in [0, 0.05) is 103 Å². The summed E-state index contributed by atoms with van der Waals surface area (Å²) in [5.74, 6) is -10.8. The van der Waals surface area contributed by atoms with Crippen LogP contribution in [-0.2, 0) is 90.6 Å². The van der Waals surface area contributed by atoms with E-state index in [1.807, 2.05) is 0 Å². The van der Waals surface area contributed by atoms with Crippen LogP contribution >= 0.6 is 31.9 Å². The van der Waals surface area contributed by atoms with Crippen LogP contribution in [0.2, 0.25) is 0 Å². The predicted molar refractivity (Wildman–Crippen MR) is 443 cm³/mol. The van der Waals surface area contributed by atoms with Gasteiger partial charge in [0.05, 0.1) is 100 Å². The number of fused-ring (bicyclic) bond motifs is 3. The SMILES string of the molecule is CC[C@@H]1NC(=O)CNC(=O)[C@H]([C@@H](C)CC)NC(=O)CNC(=O)[C@@H](Cc2c(C)[nH]c3cc(OC(=O)N(C)CCN(CCOCCOCCOCCNC(=O)c4ccc5nc(CBr)c(CBr)nc5c4)C(=O)OCc4ccc(NC(=O)[C@@H](N)CCCNC(N)=O)cc4)ccc23)NC(=O)[C@H]([C@@H](C)[C@@H](O)CO)NC(=O)[C@@H]2CCCN2C(=O)[C@H](CC(N)=O)NC1=O. The number of alkyl halides is 2. The Morgan fingerprint density at radius 2 is 1.36 bits per heavy atom. The summed E-state index contributed by atoms with van der Waals surface area (Å²) in [7, 11) is 1.44. The average Bonchev–Trinajstić information content (AvgIpc) is 0.916. The third-order valence-electron chi connectivity index (χ3n) is 20.1. The fourth-order valence-electron chi connectivity index (χ4n) is 12.9. The molecule has 15 amide bonds. The van der Waals surface area contributed by atoms with Crippen LogP contribution in [0.4, 0.5) is 20.1 Å². The smallest absolute Gasteiger partial charge is 0.415 e. The summed E-state index contributed by atoms with van der Waals surface area (Å²) in [4.78, 5) is 206. The molecular weight excluding hydrogens is 1700 g/mol. The van der Waals surface area contributed by atoms with Gasteiger partial charge in [-0.25, -0.2) is 24.4 Å². The number of hydrogen-bond acceptors (Lipinski definition) is 24. The number of aliphatic hydroxyl groups excluding tert-OH is 2. The molecule has 42 heteroatoms. The average molecular weight is 1810 g/mol. The van der Waals surface area contributed by atoms with Crippen molar-refractivity contribution in [3.8, 4) is 5.75 Å². The van der Waals surface area contributed by atoms with Gasteiger partial charge in [-0.05, 0) is 98.5 Å². The maximum atomic E-state index is 14.9. The quantitative estimate of drug-likeness (QED) is 0.0184. The standard InChI is InChI=1S/C78H109Br2N19O21/c1-7-43(3)66-73(110)87-39-64(103)92-53(8-2)71(108)94-58(36-63(82)102)75(112)99-23-10-12-61(99)72(109)96-67(44(4)62(101)41-100)74(111)93-57(70(107)86-40-65(104)95-66)35-51-45(5)88-55-34-49(18-19-50(51)55)120-77(114)97(6)24-25-98(78(115)119-42-46-13-16-48(17-14-46)89-69(106)52(81)11-9-21-85-76(83)113)26-28-117-30-32-118-31-29-116-27-22-84-68(105)47-15-20-54-56(33-47)91-60(38-80)59(37-79)90-54/h13-20,33-34,43-44,52-53,57-58,61-62,66-67,88,100-101H,7-12,21-32,35-42,81H2,1-6H3,(H2,82,102)(H,84,105)(H,86,107)(H,87,110)(H,89,106)(H,92,103)(H,93,111)(H,94,108)(H,95,104)(H,96,109)(H3,83,85,113)/t43-,44-,52-,53-,57+,58-,61-,62-,66-,67-/m0/s1. The number of carbonyl (C=O) groups is 14. The van der Waals surface area contributed by atoms with Crippen LogP contribution in [0.3, 0.4) is 0 Å². The lowest BCUT2D eigenvalue weighted by atomic mass is 9.93. The van der Waals surface area contributed by atoms with Crippen molar-refractivity contribution in [2.45, 2.75) is 152 Å². The Bertz CT molecular complexity index is 4410. The second kappa shape index (κ2) is 48.5. The molecule has 40 nitrogen and oxygen atoms in total. The maximum Gasteiger partial charge on any atom is 0.415 e. The Morgan fingerprint density at radius 3 is 2.02 bits per heavy atom. The van der Waals surface area contributed by atoms with E-state index >= 15 is 0 Å². The number of halogens is 2. The van der Waals surface area contributed by atoms with E-state index < -0.39 is 164 Å². The first-order valence-electron chi connectivity index (χ1n) is 39.4. The summed E-state index contributed by atoms with van der Waals surface area (Å²) in [5, 5.41) is 48.5. The number of ether oxygens (including phenoxy) is 5. The number of hydrogen-bond donors (Lipinski definition) is 16. The lowest BCUT2D eigenvalue weighted by Gasteiger charge is -2.32. The van der Waals surface area contributed by atoms with Crippen LogP contribution in [-0.4, -0.2) is 277 Å². The molecule has 0 spiro atoms. The highest BCUT2D eigenvalue weighted by molar-refractivity contribution is 9.09. The molecule has 19 N–H and O–H groups in total. The number of nitrogens with one attached hydrogen (secondary N) is 11. The van der Waals surface area contributed by atoms with E-state index in [4.69, 9.17) is 40.9 Å². The number of aromatic amines is 1. The van der Waals surface area contributed by atoms with Gasteiger partial charge in [0.15, 0.2) is 0 Å². The van der Waals surface area contributed by atoms with E-state index in [0.717, 1.165) is 16.3 Å². The third-order valence-corrected chi connectivity index (χ3v) is 21.2. The Labute approximate surface area is 709 Å². The Kier molecular flexibility index (Phi) is 38.9. The molecule has 120 heavy (non-hydrogen) atoms. The summed E-state index contributed by atoms with van der Waals surface area (Å²) in [6, 6.07) is 5.65. The number of likely N-dealkylation sites (N-methyl/N-ethyl adjacent to an activating group) is 1. The summed E-state index contributed by atoms with van der Waals surface area (Å²) < 4.78 is 28.8. The number of urea groups is 1. The number of aliphatic hydroxyl groups is 2. The lowest BCUT2D eigenvalue weighted by Crippen LogP contribution is -2.61. The number of anilines is 1. The summed E-state index contributed by atoms with van der Waals surface area (Å²) in [6.07, 6.45) is -3.10. The number of nitrogens with zero attached hydrogens (tertiary/aromatic N) is 5. The van der Waals surface area contributed by atoms with Gasteiger partial charge in [0.1, 0.15) is 48.6 Å². The molecule has 0 radical (unpaired) electrons. The van der Waals surface area contributed by atoms with Crippen molar-refractivity contribution in [2.24, 2.45) is 29.0 Å². The molecule has 10 atom stereocenters. The molecule has 0 aliphatic carbocycles. The van der Waals surface area contributed by atoms with E-state index in [0.29, 0.717) is 73.5 Å². The van der Waals surface area contributed by atoms with Crippen LogP contribution in [0.1, 0.15) is 111 Å². The first-order chi connectivity index (χ1) is 57.4. The third kappa shape index (κ3) is 29.3. The van der Waals surface area contributed by atoms with Crippen molar-refractivity contribution in [3.05, 3.63) is 94.4 Å². The molecule has 656 valence electrons. The topological polar surface area (TPSA) is 575 Å². The zero-order valence-electron chi connectivity index (χ0n) is 67.8. The number of carbonyl (C=O) groups excluding carboxylic acids is 14. The highest BCUT2D eigenvalue weighted by Crippen LogP contribution is 2.29. The molecular formula is C78H109Br2N19O21. The molecule has 0 unspecified atom stereocenters. The van der Waals surface area contributed by atoms with Crippen molar-refractivity contribution in [3.63, 3.8) is 0 Å². The number of rotatable bonds is 37. The van der Waals surface area contributed by atoms with Crippen molar-refractivity contribution < 1.29 is 101 Å². The molecule has 5 aromatic rings. The number of nitrogens with two attached hydrogens (primary N) is 3. The Hall–Kier alpha value is -10.8. The maximum absolute atomic E-state index is 14.9. The number of aryl methyl sites for hydroxylation is 1. The van der Waals surface area contributed by atoms with Gasteiger partial charge in [0.2, 0.25) is 59.1 Å². The normalized spacial score (nSPS) is 19.0. The highest BCUT2D eigenvalue weighted by atomic mass is 79.9. The van der Waals surface area contributed by atoms with Crippen molar-refractivity contribution in [2.75, 3.05) is 111 Å². The number of aromatic nitrogens is 3. The number of amides is 15. The molecule has 2 saturated heterocycles. The molecule has 2 aliphatic heterocycles. The molecule has 0 saturated carbocycles. The van der Waals surface area contributed by atoms with Gasteiger partial charge in [0.25, 0.3) is 5.91 Å². The summed E-state index contributed by atoms with van der Waals surface area (Å²) >= 11 is 6.88. The van der Waals surface area contributed by atoms with Gasteiger partial charge in [-0.15, -0.1) is 0 Å². The van der Waals surface area contributed by atoms with Gasteiger partial charge < -0.3 is 124 Å². The number of H-pyrrole nitrogens is 1. The highest BCUT2D eigenvalue weighted by Gasteiger charge is 2.43. The van der Waals surface area contributed by atoms with Gasteiger partial charge >= 0.3 is 18.2 Å². The largest absolute Gasteiger partial charge is 0.445 e. The predicted octanol–water partition coefficient (Wildman–Crippen LogP) is -0.00288. The van der Waals surface area contributed by atoms with Gasteiger partial charge in [-0.1, -0.05) is 78.1 Å². The summed E-state index contributed by atoms with van der Waals surface area (Å²) in [5.41, 5.74) is 22.2. The number of benzene rings is 3. The number of primary amides is 2. The lowest BCUT2D eigenvalue weighted by molar-refractivity contribution is -0.144. The van der Waals surface area contributed by atoms with E-state index in [1.54, 1.807) is 76.2 Å². The van der Waals surface area contributed by atoms with Crippen LogP contribution < -0.4 is 75.1 Å². The van der Waals surface area contributed by atoms with Gasteiger partial charge in [-0.3, -0.25) is 52.7 Å². The van der Waals surface area contributed by atoms with Crippen LogP contribution in [0.5, 0.6) is 5.75 Å². The van der Waals surface area contributed by atoms with E-state index in [-0.39, 0.29) is 129 Å². The minimum Gasteiger partial charge on any atom is -0.445 e. The Balaban J connectivity index is 1.02. The molecule has 7 rings (SSSR count). The molecule has 2 aromatic heterocycles. The minimum absolute atomic E-state index is 0.00514. The molecule has 2 fully saturated rings. The van der Waals surface area contributed by atoms with Crippen molar-refractivity contribution in [1.82, 2.24) is 77.5 Å². The summed E-state index contributed by atoms with van der Waals surface area (Å²) in [6.45, 7) is 6.61. The van der Waals surface area contributed by atoms with E-state index in [1.165, 1.54) is 35.9 Å². The minimum atomic E-state index is -1.75. The fourth-order valence-corrected chi connectivity index (χ4v) is 13.8. The fraction of sp³-hybridized carbons (Fsp3) is 0.538.